The zero-order chi connectivity index (χ0) is 15.6. The Labute approximate surface area is 139 Å². The molecular formula is C11H9BrCl2N4O2S. The molecule has 0 saturated carbocycles. The van der Waals surface area contributed by atoms with E-state index in [2.05, 4.69) is 31.1 Å². The van der Waals surface area contributed by atoms with E-state index in [1.807, 2.05) is 0 Å². The summed E-state index contributed by atoms with van der Waals surface area (Å²) in [6.45, 7) is 0. The number of rotatable bonds is 4. The fourth-order valence-electron chi connectivity index (χ4n) is 1.45. The molecule has 0 spiro atoms. The molecule has 0 atom stereocenters. The molecule has 0 radical (unpaired) electrons. The van der Waals surface area contributed by atoms with Gasteiger partial charge < -0.3 is 5.43 Å². The summed E-state index contributed by atoms with van der Waals surface area (Å²) in [6.07, 6.45) is 1.14. The number of nitrogens with one attached hydrogen (secondary N) is 2. The highest BCUT2D eigenvalue weighted by molar-refractivity contribution is 9.10. The van der Waals surface area contributed by atoms with Crippen molar-refractivity contribution in [2.75, 3.05) is 10.1 Å². The maximum Gasteiger partial charge on any atom is 0.263 e. The molecule has 0 unspecified atom stereocenters. The molecule has 1 heterocycles. The molecule has 2 aromatic rings. The third-order valence-corrected chi connectivity index (χ3v) is 5.30. The molecule has 0 saturated heterocycles. The molecule has 6 nitrogen and oxygen atoms in total. The number of anilines is 2. The van der Waals surface area contributed by atoms with Crippen LogP contribution in [0.15, 0.2) is 39.8 Å². The van der Waals surface area contributed by atoms with Crippen molar-refractivity contribution in [3.8, 4) is 0 Å². The van der Waals surface area contributed by atoms with Crippen molar-refractivity contribution in [3.05, 3.63) is 45.0 Å². The lowest BCUT2D eigenvalue weighted by Crippen LogP contribution is -2.15. The fraction of sp³-hybridized carbons (Fsp3) is 0. The monoisotopic (exact) mass is 410 g/mol. The zero-order valence-electron chi connectivity index (χ0n) is 10.3. The van der Waals surface area contributed by atoms with Gasteiger partial charge in [-0.05, 0) is 40.2 Å². The highest BCUT2D eigenvalue weighted by Gasteiger charge is 2.17. The Morgan fingerprint density at radius 2 is 1.90 bits per heavy atom. The Balaban J connectivity index is 2.33. The number of hydrazine groups is 1. The van der Waals surface area contributed by atoms with Gasteiger partial charge in [0.1, 0.15) is 4.90 Å². The number of pyridine rings is 1. The lowest BCUT2D eigenvalue weighted by Gasteiger charge is -2.10. The van der Waals surface area contributed by atoms with E-state index >= 15 is 0 Å². The average Bonchev–Trinajstić information content (AvgIpc) is 2.42. The molecular weight excluding hydrogens is 403 g/mol. The second-order valence-corrected chi connectivity index (χ2v) is 7.23. The predicted octanol–water partition coefficient (Wildman–Crippen LogP) is 3.24. The first-order valence-electron chi connectivity index (χ1n) is 5.43. The second-order valence-electron chi connectivity index (χ2n) is 3.88. The number of hydrogen-bond donors (Lipinski definition) is 3. The van der Waals surface area contributed by atoms with Crippen molar-refractivity contribution in [1.82, 2.24) is 4.98 Å². The number of benzene rings is 1. The van der Waals surface area contributed by atoms with Crippen molar-refractivity contribution >= 4 is 60.7 Å². The number of aromatic nitrogens is 1. The first-order chi connectivity index (χ1) is 9.83. The lowest BCUT2D eigenvalue weighted by molar-refractivity contribution is 0.601. The Bertz CT molecular complexity index is 786. The van der Waals surface area contributed by atoms with Crippen molar-refractivity contribution in [2.24, 2.45) is 5.84 Å². The molecule has 1 aromatic heterocycles. The van der Waals surface area contributed by atoms with Gasteiger partial charge in [0, 0.05) is 10.7 Å². The van der Waals surface area contributed by atoms with Crippen LogP contribution < -0.4 is 16.0 Å². The third-order valence-electron chi connectivity index (χ3n) is 2.43. The topological polar surface area (TPSA) is 97.1 Å². The van der Waals surface area contributed by atoms with Crippen molar-refractivity contribution in [1.29, 1.82) is 0 Å². The highest BCUT2D eigenvalue weighted by atomic mass is 79.9. The third kappa shape index (κ3) is 3.78. The van der Waals surface area contributed by atoms with Crippen LogP contribution in [0, 0.1) is 0 Å². The van der Waals surface area contributed by atoms with Crippen LogP contribution in [-0.2, 0) is 10.0 Å². The van der Waals surface area contributed by atoms with E-state index in [0.717, 1.165) is 6.20 Å². The molecule has 4 N–H and O–H groups in total. The van der Waals surface area contributed by atoms with Gasteiger partial charge in [-0.3, -0.25) is 4.72 Å². The van der Waals surface area contributed by atoms with Gasteiger partial charge in [-0.15, -0.1) is 0 Å². The van der Waals surface area contributed by atoms with Gasteiger partial charge in [-0.2, -0.15) is 0 Å². The van der Waals surface area contributed by atoms with Gasteiger partial charge in [0.05, 0.1) is 15.7 Å². The number of halogens is 3. The average molecular weight is 412 g/mol. The van der Waals surface area contributed by atoms with Gasteiger partial charge in [0.2, 0.25) is 0 Å². The molecule has 21 heavy (non-hydrogen) atoms. The van der Waals surface area contributed by atoms with Crippen LogP contribution in [0.4, 0.5) is 11.5 Å². The summed E-state index contributed by atoms with van der Waals surface area (Å²) in [5.41, 5.74) is 2.58. The maximum atomic E-state index is 12.2. The molecule has 0 aliphatic rings. The minimum atomic E-state index is -3.83. The van der Waals surface area contributed by atoms with Crippen LogP contribution >= 0.6 is 39.1 Å². The Kier molecular flexibility index (Phi) is 4.95. The van der Waals surface area contributed by atoms with Gasteiger partial charge in [0.15, 0.2) is 5.82 Å². The fourth-order valence-corrected chi connectivity index (χ4v) is 3.18. The molecule has 10 heteroatoms. The van der Waals surface area contributed by atoms with Gasteiger partial charge in [-0.25, -0.2) is 19.2 Å². The quantitative estimate of drug-likeness (QED) is 0.530. The first kappa shape index (κ1) is 16.3. The molecule has 0 bridgehead atoms. The smallest absolute Gasteiger partial charge is 0.263 e. The van der Waals surface area contributed by atoms with Gasteiger partial charge in [-0.1, -0.05) is 23.2 Å². The normalized spacial score (nSPS) is 11.2. The Hall–Kier alpha value is -1.06. The SMILES string of the molecule is NNc1ncc(S(=O)(=O)Nc2ccc(Br)c(Cl)c2)cc1Cl. The Morgan fingerprint density at radius 1 is 1.19 bits per heavy atom. The number of hydrogen-bond acceptors (Lipinski definition) is 5. The van der Waals surface area contributed by atoms with Crippen LogP contribution in [0.1, 0.15) is 0 Å². The Morgan fingerprint density at radius 3 is 2.48 bits per heavy atom. The second kappa shape index (κ2) is 6.37. The first-order valence-corrected chi connectivity index (χ1v) is 8.47. The van der Waals surface area contributed by atoms with E-state index < -0.39 is 10.0 Å². The molecule has 2 rings (SSSR count). The zero-order valence-corrected chi connectivity index (χ0v) is 14.2. The number of nitrogens with zero attached hydrogens (tertiary/aromatic N) is 1. The van der Waals surface area contributed by atoms with Crippen LogP contribution in [0.5, 0.6) is 0 Å². The van der Waals surface area contributed by atoms with E-state index in [0.29, 0.717) is 15.2 Å². The van der Waals surface area contributed by atoms with E-state index in [1.54, 1.807) is 12.1 Å². The van der Waals surface area contributed by atoms with Crippen molar-refractivity contribution in [2.45, 2.75) is 4.90 Å². The summed E-state index contributed by atoms with van der Waals surface area (Å²) in [4.78, 5) is 3.72. The van der Waals surface area contributed by atoms with Gasteiger partial charge in [0.25, 0.3) is 10.0 Å². The summed E-state index contributed by atoms with van der Waals surface area (Å²) in [7, 11) is -3.83. The van der Waals surface area contributed by atoms with Crippen LogP contribution in [-0.4, -0.2) is 13.4 Å². The minimum Gasteiger partial charge on any atom is -0.307 e. The molecule has 0 fully saturated rings. The van der Waals surface area contributed by atoms with Crippen LogP contribution in [0.25, 0.3) is 0 Å². The number of nitrogen functional groups attached to an aromatic ring is 1. The summed E-state index contributed by atoms with van der Waals surface area (Å²) < 4.78 is 27.5. The maximum absolute atomic E-state index is 12.2. The number of sulfonamides is 1. The highest BCUT2D eigenvalue weighted by Crippen LogP contribution is 2.28. The summed E-state index contributed by atoms with van der Waals surface area (Å²) in [5, 5.41) is 0.475. The number of nitrogens with two attached hydrogens (primary N) is 1. The molecule has 0 amide bonds. The standard InChI is InChI=1S/C11H9BrCl2N4O2S/c12-8-2-1-6(3-9(8)13)18-21(19,20)7-4-10(14)11(17-15)16-5-7/h1-5,18H,15H2,(H,16,17). The van der Waals surface area contributed by atoms with E-state index in [1.165, 1.54) is 12.1 Å². The van der Waals surface area contributed by atoms with E-state index in [4.69, 9.17) is 29.0 Å². The van der Waals surface area contributed by atoms with Crippen molar-refractivity contribution in [3.63, 3.8) is 0 Å². The van der Waals surface area contributed by atoms with Crippen LogP contribution in [0.2, 0.25) is 10.0 Å². The minimum absolute atomic E-state index is 0.0919. The molecule has 0 aliphatic carbocycles. The molecule has 1 aromatic carbocycles. The van der Waals surface area contributed by atoms with E-state index in [-0.39, 0.29) is 15.7 Å². The van der Waals surface area contributed by atoms with Crippen LogP contribution in [0.3, 0.4) is 0 Å². The summed E-state index contributed by atoms with van der Waals surface area (Å²) in [6, 6.07) is 5.92. The molecule has 112 valence electrons. The summed E-state index contributed by atoms with van der Waals surface area (Å²) >= 11 is 15.0. The van der Waals surface area contributed by atoms with E-state index in [9.17, 15) is 8.42 Å². The summed E-state index contributed by atoms with van der Waals surface area (Å²) in [5.74, 6) is 5.37. The predicted molar refractivity (Wildman–Crippen MR) is 87.0 cm³/mol. The lowest BCUT2D eigenvalue weighted by atomic mass is 10.3. The van der Waals surface area contributed by atoms with Gasteiger partial charge >= 0.3 is 0 Å². The largest absolute Gasteiger partial charge is 0.307 e. The van der Waals surface area contributed by atoms with Crippen molar-refractivity contribution < 1.29 is 8.42 Å². The molecule has 0 aliphatic heterocycles.